The molecule has 8 heteroatoms. The van der Waals surface area contributed by atoms with Crippen LogP contribution in [0.2, 0.25) is 0 Å². The summed E-state index contributed by atoms with van der Waals surface area (Å²) < 4.78 is 34.3. The third-order valence-corrected chi connectivity index (χ3v) is 6.03. The summed E-state index contributed by atoms with van der Waals surface area (Å²) >= 11 is 1.41. The van der Waals surface area contributed by atoms with Crippen molar-refractivity contribution in [3.8, 4) is 5.75 Å². The maximum atomic E-state index is 12.1. The third kappa shape index (κ3) is 4.28. The van der Waals surface area contributed by atoms with Crippen molar-refractivity contribution < 1.29 is 22.7 Å². The molecular weight excluding hydrogens is 386 g/mol. The van der Waals surface area contributed by atoms with E-state index in [0.29, 0.717) is 12.1 Å². The number of hydrogen-bond acceptors (Lipinski definition) is 6. The van der Waals surface area contributed by atoms with Crippen LogP contribution in [0.4, 0.5) is 0 Å². The van der Waals surface area contributed by atoms with Gasteiger partial charge in [0, 0.05) is 26.9 Å². The van der Waals surface area contributed by atoms with Gasteiger partial charge >= 0.3 is 5.97 Å². The minimum atomic E-state index is -3.41. The summed E-state index contributed by atoms with van der Waals surface area (Å²) in [6.07, 6.45) is 1.16. The summed E-state index contributed by atoms with van der Waals surface area (Å²) in [7, 11) is -2.11. The van der Waals surface area contributed by atoms with E-state index in [2.05, 4.69) is 4.98 Å². The van der Waals surface area contributed by atoms with E-state index >= 15 is 0 Å². The van der Waals surface area contributed by atoms with Gasteiger partial charge in [-0.25, -0.2) is 13.2 Å². The zero-order valence-electron chi connectivity index (χ0n) is 15.1. The molecular formula is C19H19NO5S2. The fourth-order valence-electron chi connectivity index (χ4n) is 2.60. The molecule has 0 amide bonds. The van der Waals surface area contributed by atoms with Crippen molar-refractivity contribution >= 4 is 38.5 Å². The van der Waals surface area contributed by atoms with Gasteiger partial charge < -0.3 is 14.5 Å². The Kier molecular flexibility index (Phi) is 5.48. The number of esters is 1. The third-order valence-electron chi connectivity index (χ3n) is 3.87. The molecule has 0 aliphatic rings. The first-order valence-electron chi connectivity index (χ1n) is 8.17. The van der Waals surface area contributed by atoms with Gasteiger partial charge in [-0.1, -0.05) is 11.8 Å². The van der Waals surface area contributed by atoms with E-state index in [4.69, 9.17) is 9.47 Å². The van der Waals surface area contributed by atoms with Gasteiger partial charge in [-0.2, -0.15) is 0 Å². The molecule has 1 aromatic heterocycles. The second-order valence-corrected chi connectivity index (χ2v) is 8.97. The van der Waals surface area contributed by atoms with Crippen LogP contribution in [0.5, 0.6) is 5.75 Å². The maximum absolute atomic E-state index is 12.1. The van der Waals surface area contributed by atoms with E-state index in [1.165, 1.54) is 24.9 Å². The van der Waals surface area contributed by atoms with Crippen molar-refractivity contribution in [2.75, 3.05) is 20.0 Å². The summed E-state index contributed by atoms with van der Waals surface area (Å²) in [5.74, 6) is 0.260. The number of fused-ring (bicyclic) bond motifs is 1. The molecule has 3 aromatic rings. The summed E-state index contributed by atoms with van der Waals surface area (Å²) in [6, 6.07) is 12.4. The Morgan fingerprint density at radius 2 is 1.85 bits per heavy atom. The average Bonchev–Trinajstić information content (AvgIpc) is 3.06. The highest BCUT2D eigenvalue weighted by Crippen LogP contribution is 2.36. The Balaban J connectivity index is 2.08. The Morgan fingerprint density at radius 3 is 2.44 bits per heavy atom. The van der Waals surface area contributed by atoms with Crippen LogP contribution in [0, 0.1) is 0 Å². The first-order chi connectivity index (χ1) is 12.8. The average molecular weight is 405 g/mol. The molecule has 0 saturated carbocycles. The molecule has 1 heterocycles. The second kappa shape index (κ2) is 7.66. The van der Waals surface area contributed by atoms with Crippen LogP contribution in [0.15, 0.2) is 57.2 Å². The molecule has 6 nitrogen and oxygen atoms in total. The predicted molar refractivity (Wildman–Crippen MR) is 104 cm³/mol. The zero-order chi connectivity index (χ0) is 19.6. The van der Waals surface area contributed by atoms with E-state index in [-0.39, 0.29) is 10.6 Å². The van der Waals surface area contributed by atoms with Crippen LogP contribution in [-0.4, -0.2) is 39.3 Å². The van der Waals surface area contributed by atoms with E-state index in [1.807, 2.05) is 31.2 Å². The van der Waals surface area contributed by atoms with Crippen LogP contribution in [0.3, 0.4) is 0 Å². The quantitative estimate of drug-likeness (QED) is 0.626. The van der Waals surface area contributed by atoms with Crippen molar-refractivity contribution in [2.45, 2.75) is 21.6 Å². The summed E-state index contributed by atoms with van der Waals surface area (Å²) in [5, 5.41) is 0.752. The molecule has 0 atom stereocenters. The number of H-pyrrole nitrogens is 1. The molecule has 0 aliphatic carbocycles. The molecule has 27 heavy (non-hydrogen) atoms. The molecule has 2 aromatic carbocycles. The molecule has 3 rings (SSSR count). The van der Waals surface area contributed by atoms with Gasteiger partial charge in [0.2, 0.25) is 0 Å². The SMILES string of the molecule is CCOc1ccc(Sc2cc(S(C)(=O)=O)cc3[nH]c(C(=O)OC)cc23)cc1. The lowest BCUT2D eigenvalue weighted by Gasteiger charge is -2.08. The van der Waals surface area contributed by atoms with Crippen LogP contribution in [-0.2, 0) is 14.6 Å². The van der Waals surface area contributed by atoms with Crippen molar-refractivity contribution in [2.24, 2.45) is 0 Å². The monoisotopic (exact) mass is 405 g/mol. The lowest BCUT2D eigenvalue weighted by atomic mass is 10.2. The van der Waals surface area contributed by atoms with Crippen LogP contribution in [0.25, 0.3) is 10.9 Å². The molecule has 0 fully saturated rings. The standard InChI is InChI=1S/C19H19NO5S2/c1-4-25-12-5-7-13(8-6-12)26-18-10-14(27(3,22)23)9-16-15(18)11-17(20-16)19(21)24-2/h5-11,20H,4H2,1-3H3. The molecule has 142 valence electrons. The van der Waals surface area contributed by atoms with Gasteiger partial charge in [0.1, 0.15) is 11.4 Å². The lowest BCUT2D eigenvalue weighted by molar-refractivity contribution is 0.0595. The Labute approximate surface area is 161 Å². The smallest absolute Gasteiger partial charge is 0.354 e. The van der Waals surface area contributed by atoms with Crippen molar-refractivity contribution in [3.05, 3.63) is 48.2 Å². The van der Waals surface area contributed by atoms with E-state index in [1.54, 1.807) is 12.1 Å². The lowest BCUT2D eigenvalue weighted by Crippen LogP contribution is -2.00. The number of rotatable bonds is 6. The molecule has 1 N–H and O–H groups in total. The molecule has 0 aliphatic heterocycles. The van der Waals surface area contributed by atoms with Crippen LogP contribution >= 0.6 is 11.8 Å². The molecule has 0 radical (unpaired) electrons. The van der Waals surface area contributed by atoms with Gasteiger partial charge in [-0.3, -0.25) is 0 Å². The van der Waals surface area contributed by atoms with Gasteiger partial charge in [0.05, 0.1) is 18.6 Å². The van der Waals surface area contributed by atoms with E-state index in [9.17, 15) is 13.2 Å². The number of ether oxygens (including phenoxy) is 2. The normalized spacial score (nSPS) is 11.5. The molecule has 0 saturated heterocycles. The van der Waals surface area contributed by atoms with Crippen LogP contribution in [0.1, 0.15) is 17.4 Å². The maximum Gasteiger partial charge on any atom is 0.354 e. The van der Waals surface area contributed by atoms with Crippen LogP contribution < -0.4 is 4.74 Å². The number of sulfone groups is 1. The first kappa shape index (κ1) is 19.3. The second-order valence-electron chi connectivity index (χ2n) is 5.84. The zero-order valence-corrected chi connectivity index (χ0v) is 16.7. The Hall–Kier alpha value is -2.45. The molecule has 0 spiro atoms. The van der Waals surface area contributed by atoms with Gasteiger partial charge in [-0.05, 0) is 49.4 Å². The number of carbonyl (C=O) groups excluding carboxylic acids is 1. The largest absolute Gasteiger partial charge is 0.494 e. The van der Waals surface area contributed by atoms with E-state index < -0.39 is 15.8 Å². The highest BCUT2D eigenvalue weighted by molar-refractivity contribution is 7.99. The number of benzene rings is 2. The minimum absolute atomic E-state index is 0.182. The fraction of sp³-hybridized carbons (Fsp3) is 0.211. The molecule has 0 bridgehead atoms. The summed E-state index contributed by atoms with van der Waals surface area (Å²) in [6.45, 7) is 2.50. The van der Waals surface area contributed by atoms with Gasteiger partial charge in [-0.15, -0.1) is 0 Å². The number of aromatic nitrogens is 1. The predicted octanol–water partition coefficient (Wildman–Crippen LogP) is 3.91. The Morgan fingerprint density at radius 1 is 1.15 bits per heavy atom. The topological polar surface area (TPSA) is 85.5 Å². The number of hydrogen-bond donors (Lipinski definition) is 1. The van der Waals surface area contributed by atoms with Gasteiger partial charge in [0.15, 0.2) is 9.84 Å². The van der Waals surface area contributed by atoms with Crippen molar-refractivity contribution in [1.29, 1.82) is 0 Å². The summed E-state index contributed by atoms with van der Waals surface area (Å²) in [5.41, 5.74) is 0.832. The number of methoxy groups -OCH3 is 1. The first-order valence-corrected chi connectivity index (χ1v) is 10.9. The fourth-order valence-corrected chi connectivity index (χ4v) is 4.32. The molecule has 0 unspecified atom stereocenters. The van der Waals surface area contributed by atoms with Gasteiger partial charge in [0.25, 0.3) is 0 Å². The number of aromatic amines is 1. The summed E-state index contributed by atoms with van der Waals surface area (Å²) in [4.78, 5) is 16.6. The number of nitrogens with one attached hydrogen (secondary N) is 1. The van der Waals surface area contributed by atoms with Crippen molar-refractivity contribution in [3.63, 3.8) is 0 Å². The van der Waals surface area contributed by atoms with Crippen molar-refractivity contribution in [1.82, 2.24) is 4.98 Å². The highest BCUT2D eigenvalue weighted by atomic mass is 32.2. The minimum Gasteiger partial charge on any atom is -0.494 e. The highest BCUT2D eigenvalue weighted by Gasteiger charge is 2.17. The number of carbonyl (C=O) groups is 1. The Bertz CT molecular complexity index is 1090. The van der Waals surface area contributed by atoms with E-state index in [0.717, 1.165) is 27.2 Å².